The summed E-state index contributed by atoms with van der Waals surface area (Å²) in [6.45, 7) is 4.67. The lowest BCUT2D eigenvalue weighted by Crippen LogP contribution is -2.50. The molecule has 9 nitrogen and oxygen atoms in total. The molecule has 156 valence electrons. The van der Waals surface area contributed by atoms with E-state index < -0.39 is 0 Å². The summed E-state index contributed by atoms with van der Waals surface area (Å²) in [7, 11) is 1.60. The SMILES string of the molecule is COc1ccc(C)cc1NC(=O)N1CCN(c2ccc3nnc(C4CC4)n3n2)CC1. The van der Waals surface area contributed by atoms with E-state index in [1.807, 2.05) is 46.7 Å². The zero-order valence-corrected chi connectivity index (χ0v) is 17.2. The zero-order chi connectivity index (χ0) is 20.7. The molecule has 0 radical (unpaired) electrons. The third-order valence-electron chi connectivity index (χ3n) is 5.70. The van der Waals surface area contributed by atoms with Gasteiger partial charge >= 0.3 is 6.03 Å². The molecule has 1 aromatic carbocycles. The number of ether oxygens (including phenoxy) is 1. The quantitative estimate of drug-likeness (QED) is 0.715. The minimum atomic E-state index is -0.114. The lowest BCUT2D eigenvalue weighted by molar-refractivity contribution is 0.208. The zero-order valence-electron chi connectivity index (χ0n) is 17.2. The first kappa shape index (κ1) is 18.7. The molecule has 3 heterocycles. The highest BCUT2D eigenvalue weighted by molar-refractivity contribution is 5.91. The number of hydrogen-bond acceptors (Lipinski definition) is 6. The molecule has 2 aliphatic rings. The van der Waals surface area contributed by atoms with Crippen LogP contribution in [-0.2, 0) is 0 Å². The number of amides is 2. The number of nitrogens with zero attached hydrogens (tertiary/aromatic N) is 6. The number of rotatable bonds is 4. The van der Waals surface area contributed by atoms with Crippen molar-refractivity contribution in [2.24, 2.45) is 0 Å². The molecule has 1 saturated heterocycles. The molecule has 1 N–H and O–H groups in total. The molecular weight excluding hydrogens is 382 g/mol. The van der Waals surface area contributed by atoms with Crippen molar-refractivity contribution in [3.8, 4) is 5.75 Å². The standard InChI is InChI=1S/C21H25N7O2/c1-14-3-6-17(30-2)16(13-14)22-21(29)27-11-9-26(10-12-27)19-8-7-18-23-24-20(15-4-5-15)28(18)25-19/h3,6-8,13,15H,4-5,9-12H2,1-2H3,(H,22,29). The normalized spacial score (nSPS) is 16.7. The van der Waals surface area contributed by atoms with Gasteiger partial charge in [0.15, 0.2) is 11.5 Å². The van der Waals surface area contributed by atoms with Crippen LogP contribution in [0.1, 0.15) is 30.1 Å². The van der Waals surface area contributed by atoms with Crippen LogP contribution >= 0.6 is 0 Å². The third-order valence-corrected chi connectivity index (χ3v) is 5.70. The van der Waals surface area contributed by atoms with Crippen molar-refractivity contribution in [1.82, 2.24) is 24.7 Å². The Bertz CT molecular complexity index is 1080. The van der Waals surface area contributed by atoms with Crippen LogP contribution in [0.15, 0.2) is 30.3 Å². The van der Waals surface area contributed by atoms with Gasteiger partial charge in [-0.3, -0.25) is 0 Å². The Hall–Kier alpha value is -3.36. The molecule has 2 amide bonds. The number of anilines is 2. The minimum absolute atomic E-state index is 0.114. The molecule has 1 aliphatic heterocycles. The van der Waals surface area contributed by atoms with Crippen molar-refractivity contribution >= 4 is 23.2 Å². The van der Waals surface area contributed by atoms with Crippen molar-refractivity contribution in [1.29, 1.82) is 0 Å². The van der Waals surface area contributed by atoms with Gasteiger partial charge in [-0.15, -0.1) is 15.3 Å². The molecule has 1 aliphatic carbocycles. The molecule has 3 aromatic rings. The fourth-order valence-electron chi connectivity index (χ4n) is 3.81. The molecule has 1 saturated carbocycles. The number of piperazine rings is 1. The van der Waals surface area contributed by atoms with Crippen LogP contribution in [0.3, 0.4) is 0 Å². The fraction of sp³-hybridized carbons (Fsp3) is 0.429. The Morgan fingerprint density at radius 2 is 1.90 bits per heavy atom. The van der Waals surface area contributed by atoms with Crippen molar-refractivity contribution in [2.45, 2.75) is 25.7 Å². The number of nitrogens with one attached hydrogen (secondary N) is 1. The van der Waals surface area contributed by atoms with Crippen molar-refractivity contribution < 1.29 is 9.53 Å². The number of fused-ring (bicyclic) bond motifs is 1. The van der Waals surface area contributed by atoms with Crippen molar-refractivity contribution in [3.63, 3.8) is 0 Å². The maximum atomic E-state index is 12.8. The molecule has 30 heavy (non-hydrogen) atoms. The van der Waals surface area contributed by atoms with E-state index in [0.29, 0.717) is 30.4 Å². The summed E-state index contributed by atoms with van der Waals surface area (Å²) in [5, 5.41) is 16.3. The van der Waals surface area contributed by atoms with Gasteiger partial charge in [-0.1, -0.05) is 6.07 Å². The van der Waals surface area contributed by atoms with Gasteiger partial charge in [0.2, 0.25) is 0 Å². The second kappa shape index (κ2) is 7.47. The molecule has 0 atom stereocenters. The first-order valence-corrected chi connectivity index (χ1v) is 10.3. The number of methoxy groups -OCH3 is 1. The van der Waals surface area contributed by atoms with Gasteiger partial charge in [0, 0.05) is 32.1 Å². The second-order valence-electron chi connectivity index (χ2n) is 7.90. The number of hydrogen-bond donors (Lipinski definition) is 1. The van der Waals surface area contributed by atoms with Gasteiger partial charge in [-0.05, 0) is 49.6 Å². The maximum absolute atomic E-state index is 12.8. The number of benzene rings is 1. The Kier molecular flexibility index (Phi) is 4.65. The predicted octanol–water partition coefficient (Wildman–Crippen LogP) is 2.67. The molecular formula is C21H25N7O2. The molecule has 9 heteroatoms. The van der Waals surface area contributed by atoms with E-state index in [1.165, 1.54) is 0 Å². The average Bonchev–Trinajstić information content (AvgIpc) is 3.52. The van der Waals surface area contributed by atoms with Crippen LogP contribution in [0, 0.1) is 6.92 Å². The second-order valence-corrected chi connectivity index (χ2v) is 7.90. The van der Waals surface area contributed by atoms with Crippen molar-refractivity contribution in [3.05, 3.63) is 41.7 Å². The van der Waals surface area contributed by atoms with E-state index in [2.05, 4.69) is 20.4 Å². The van der Waals surface area contributed by atoms with E-state index in [1.54, 1.807) is 7.11 Å². The number of urea groups is 1. The Morgan fingerprint density at radius 1 is 1.10 bits per heavy atom. The van der Waals surface area contributed by atoms with Crippen LogP contribution < -0.4 is 15.0 Å². The van der Waals surface area contributed by atoms with Gasteiger partial charge in [-0.2, -0.15) is 4.52 Å². The highest BCUT2D eigenvalue weighted by Crippen LogP contribution is 2.38. The van der Waals surface area contributed by atoms with Crippen LogP contribution in [-0.4, -0.2) is 64.0 Å². The number of carbonyl (C=O) groups is 1. The highest BCUT2D eigenvalue weighted by atomic mass is 16.5. The lowest BCUT2D eigenvalue weighted by atomic mass is 10.2. The third kappa shape index (κ3) is 3.51. The summed E-state index contributed by atoms with van der Waals surface area (Å²) in [4.78, 5) is 16.8. The van der Waals surface area contributed by atoms with Gasteiger partial charge in [0.25, 0.3) is 0 Å². The van der Waals surface area contributed by atoms with Crippen LogP contribution in [0.2, 0.25) is 0 Å². The number of carbonyl (C=O) groups excluding carboxylic acids is 1. The van der Waals surface area contributed by atoms with E-state index in [9.17, 15) is 4.79 Å². The molecule has 0 bridgehead atoms. The summed E-state index contributed by atoms with van der Waals surface area (Å²) < 4.78 is 7.23. The summed E-state index contributed by atoms with van der Waals surface area (Å²) in [5.41, 5.74) is 2.54. The minimum Gasteiger partial charge on any atom is -0.495 e. The van der Waals surface area contributed by atoms with Crippen molar-refractivity contribution in [2.75, 3.05) is 43.5 Å². The highest BCUT2D eigenvalue weighted by Gasteiger charge is 2.30. The van der Waals surface area contributed by atoms with E-state index >= 15 is 0 Å². The van der Waals surface area contributed by atoms with E-state index in [0.717, 1.165) is 48.8 Å². The van der Waals surface area contributed by atoms with E-state index in [-0.39, 0.29) is 6.03 Å². The van der Waals surface area contributed by atoms with Gasteiger partial charge in [0.05, 0.1) is 12.8 Å². The smallest absolute Gasteiger partial charge is 0.322 e. The Morgan fingerprint density at radius 3 is 2.63 bits per heavy atom. The predicted molar refractivity (Wildman–Crippen MR) is 113 cm³/mol. The number of aromatic nitrogens is 4. The fourth-order valence-corrected chi connectivity index (χ4v) is 3.81. The largest absolute Gasteiger partial charge is 0.495 e. The number of aryl methyl sites for hydroxylation is 1. The molecule has 0 unspecified atom stereocenters. The summed E-state index contributed by atoms with van der Waals surface area (Å²) in [6.07, 6.45) is 2.32. The van der Waals surface area contributed by atoms with E-state index in [4.69, 9.17) is 9.84 Å². The molecule has 2 fully saturated rings. The van der Waals surface area contributed by atoms with Gasteiger partial charge in [0.1, 0.15) is 11.6 Å². The van der Waals surface area contributed by atoms with Gasteiger partial charge < -0.3 is 19.9 Å². The topological polar surface area (TPSA) is 87.9 Å². The van der Waals surface area contributed by atoms with Crippen LogP contribution in [0.5, 0.6) is 5.75 Å². The van der Waals surface area contributed by atoms with Crippen LogP contribution in [0.25, 0.3) is 5.65 Å². The first-order valence-electron chi connectivity index (χ1n) is 10.3. The lowest BCUT2D eigenvalue weighted by Gasteiger charge is -2.35. The first-order chi connectivity index (χ1) is 14.6. The maximum Gasteiger partial charge on any atom is 0.322 e. The average molecular weight is 407 g/mol. The van der Waals surface area contributed by atoms with Gasteiger partial charge in [-0.25, -0.2) is 4.79 Å². The summed E-state index contributed by atoms with van der Waals surface area (Å²) in [6, 6.07) is 9.57. The Balaban J connectivity index is 1.25. The molecule has 5 rings (SSSR count). The molecule has 2 aromatic heterocycles. The monoisotopic (exact) mass is 407 g/mol. The molecule has 0 spiro atoms. The van der Waals surface area contributed by atoms with Crippen LogP contribution in [0.4, 0.5) is 16.3 Å². The summed E-state index contributed by atoms with van der Waals surface area (Å²) >= 11 is 0. The summed E-state index contributed by atoms with van der Waals surface area (Å²) in [5.74, 6) is 2.99. The Labute approximate surface area is 174 Å².